The smallest absolute Gasteiger partial charge is 0.311 e. The molecule has 0 radical (unpaired) electrons. The van der Waals surface area contributed by atoms with Crippen LogP contribution in [0.5, 0.6) is 11.6 Å². The fourth-order valence-corrected chi connectivity index (χ4v) is 2.45. The first-order valence-corrected chi connectivity index (χ1v) is 8.84. The van der Waals surface area contributed by atoms with Crippen LogP contribution in [0.4, 0.5) is 5.69 Å². The number of nitrogens with one attached hydrogen (secondary N) is 1. The van der Waals surface area contributed by atoms with E-state index >= 15 is 0 Å². The number of ether oxygens (including phenoxy) is 2. The molecule has 8 nitrogen and oxygen atoms in total. The first-order valence-electron chi connectivity index (χ1n) is 8.84. The maximum atomic E-state index is 12.3. The van der Waals surface area contributed by atoms with E-state index < -0.39 is 10.8 Å². The molecule has 1 aromatic carbocycles. The topological polar surface area (TPSA) is 104 Å². The molecule has 1 aromatic heterocycles. The number of aromatic nitrogens is 1. The molecule has 8 heteroatoms. The summed E-state index contributed by atoms with van der Waals surface area (Å²) in [6, 6.07) is 7.75. The summed E-state index contributed by atoms with van der Waals surface area (Å²) < 4.78 is 10.8. The predicted molar refractivity (Wildman–Crippen MR) is 97.9 cm³/mol. The van der Waals surface area contributed by atoms with Crippen LogP contribution in [0.3, 0.4) is 0 Å². The van der Waals surface area contributed by atoms with Crippen molar-refractivity contribution in [2.75, 3.05) is 13.2 Å². The van der Waals surface area contributed by atoms with Crippen LogP contribution >= 0.6 is 0 Å². The quantitative estimate of drug-likeness (QED) is 0.536. The van der Waals surface area contributed by atoms with E-state index in [1.165, 1.54) is 31.0 Å². The van der Waals surface area contributed by atoms with Crippen LogP contribution in [0, 0.1) is 16.0 Å². The molecule has 0 aliphatic heterocycles. The average Bonchev–Trinajstić information content (AvgIpc) is 3.50. The van der Waals surface area contributed by atoms with Crippen LogP contribution in [0.2, 0.25) is 0 Å². The van der Waals surface area contributed by atoms with E-state index in [1.54, 1.807) is 19.2 Å². The Morgan fingerprint density at radius 1 is 1.30 bits per heavy atom. The fourth-order valence-electron chi connectivity index (χ4n) is 2.45. The van der Waals surface area contributed by atoms with Gasteiger partial charge < -0.3 is 14.8 Å². The Hall–Kier alpha value is -3.16. The third-order valence-corrected chi connectivity index (χ3v) is 4.13. The molecule has 2 aromatic rings. The Kier molecular flexibility index (Phi) is 5.85. The van der Waals surface area contributed by atoms with Crippen LogP contribution in [-0.2, 0) is 6.54 Å². The standard InChI is InChI=1S/C19H21N3O5/c1-2-26-17-7-6-15(9-16(17)22(24)25)19(23)21-11-14-5-8-18(20-10-14)27-12-13-3-4-13/h5-10,13H,2-4,11-12H2,1H3,(H,21,23). The molecular formula is C19H21N3O5. The number of pyridine rings is 1. The van der Waals surface area contributed by atoms with Gasteiger partial charge in [-0.05, 0) is 43.4 Å². The zero-order valence-corrected chi connectivity index (χ0v) is 15.0. The number of benzene rings is 1. The summed E-state index contributed by atoms with van der Waals surface area (Å²) in [6.45, 7) is 3.00. The summed E-state index contributed by atoms with van der Waals surface area (Å²) in [5, 5.41) is 13.9. The van der Waals surface area contributed by atoms with Crippen molar-refractivity contribution in [1.82, 2.24) is 10.3 Å². The lowest BCUT2D eigenvalue weighted by atomic mass is 10.1. The summed E-state index contributed by atoms with van der Waals surface area (Å²) in [5.74, 6) is 0.961. The molecular weight excluding hydrogens is 350 g/mol. The second-order valence-electron chi connectivity index (χ2n) is 6.31. The second-order valence-corrected chi connectivity index (χ2v) is 6.31. The van der Waals surface area contributed by atoms with Crippen LogP contribution in [-0.4, -0.2) is 29.0 Å². The van der Waals surface area contributed by atoms with Gasteiger partial charge in [-0.25, -0.2) is 4.98 Å². The summed E-state index contributed by atoms with van der Waals surface area (Å²) in [6.07, 6.45) is 4.07. The van der Waals surface area contributed by atoms with Gasteiger partial charge in [-0.15, -0.1) is 0 Å². The maximum absolute atomic E-state index is 12.3. The Balaban J connectivity index is 1.58. The number of rotatable bonds is 9. The molecule has 142 valence electrons. The lowest BCUT2D eigenvalue weighted by Gasteiger charge is -2.08. The molecule has 0 atom stereocenters. The van der Waals surface area contributed by atoms with Crippen molar-refractivity contribution in [3.8, 4) is 11.6 Å². The number of nitro benzene ring substituents is 1. The minimum absolute atomic E-state index is 0.144. The van der Waals surface area contributed by atoms with Crippen molar-refractivity contribution >= 4 is 11.6 Å². The van der Waals surface area contributed by atoms with E-state index in [2.05, 4.69) is 10.3 Å². The van der Waals surface area contributed by atoms with Gasteiger partial charge in [0.1, 0.15) is 0 Å². The minimum Gasteiger partial charge on any atom is -0.487 e. The van der Waals surface area contributed by atoms with Crippen molar-refractivity contribution in [3.63, 3.8) is 0 Å². The lowest BCUT2D eigenvalue weighted by molar-refractivity contribution is -0.385. The van der Waals surface area contributed by atoms with Gasteiger partial charge in [-0.2, -0.15) is 0 Å². The first-order chi connectivity index (χ1) is 13.1. The van der Waals surface area contributed by atoms with Gasteiger partial charge in [-0.1, -0.05) is 6.07 Å². The predicted octanol–water partition coefficient (Wildman–Crippen LogP) is 3.11. The molecule has 1 saturated carbocycles. The number of carbonyl (C=O) groups is 1. The van der Waals surface area contributed by atoms with Crippen LogP contribution in [0.25, 0.3) is 0 Å². The van der Waals surface area contributed by atoms with Gasteiger partial charge >= 0.3 is 5.69 Å². The fraction of sp³-hybridized carbons (Fsp3) is 0.368. The monoisotopic (exact) mass is 371 g/mol. The Bertz CT molecular complexity index is 819. The van der Waals surface area contributed by atoms with E-state index in [4.69, 9.17) is 9.47 Å². The molecule has 27 heavy (non-hydrogen) atoms. The van der Waals surface area contributed by atoms with E-state index in [0.717, 1.165) is 5.56 Å². The molecule has 0 unspecified atom stereocenters. The maximum Gasteiger partial charge on any atom is 0.311 e. The molecule has 3 rings (SSSR count). The molecule has 1 aliphatic carbocycles. The highest BCUT2D eigenvalue weighted by atomic mass is 16.6. The normalized spacial score (nSPS) is 13.1. The van der Waals surface area contributed by atoms with Crippen molar-refractivity contribution in [2.24, 2.45) is 5.92 Å². The van der Waals surface area contributed by atoms with Crippen LogP contribution < -0.4 is 14.8 Å². The Morgan fingerprint density at radius 2 is 2.11 bits per heavy atom. The molecule has 1 fully saturated rings. The first kappa shape index (κ1) is 18.6. The van der Waals surface area contributed by atoms with Crippen molar-refractivity contribution in [2.45, 2.75) is 26.3 Å². The van der Waals surface area contributed by atoms with Gasteiger partial charge in [-0.3, -0.25) is 14.9 Å². The van der Waals surface area contributed by atoms with E-state index in [1.807, 2.05) is 6.07 Å². The highest BCUT2D eigenvalue weighted by Crippen LogP contribution is 2.29. The van der Waals surface area contributed by atoms with Gasteiger partial charge in [0.2, 0.25) is 5.88 Å². The Morgan fingerprint density at radius 3 is 2.74 bits per heavy atom. The molecule has 0 bridgehead atoms. The van der Waals surface area contributed by atoms with Gasteiger partial charge in [0, 0.05) is 30.4 Å². The van der Waals surface area contributed by atoms with Gasteiger partial charge in [0.25, 0.3) is 5.91 Å². The molecule has 1 amide bonds. The zero-order valence-electron chi connectivity index (χ0n) is 15.0. The van der Waals surface area contributed by atoms with Crippen molar-refractivity contribution < 1.29 is 19.2 Å². The van der Waals surface area contributed by atoms with E-state index in [-0.39, 0.29) is 23.5 Å². The number of nitro groups is 1. The highest BCUT2D eigenvalue weighted by molar-refractivity contribution is 5.95. The number of amides is 1. The molecule has 0 spiro atoms. The van der Waals surface area contributed by atoms with Crippen molar-refractivity contribution in [3.05, 3.63) is 57.8 Å². The zero-order chi connectivity index (χ0) is 19.2. The minimum atomic E-state index is -0.563. The van der Waals surface area contributed by atoms with Crippen molar-refractivity contribution in [1.29, 1.82) is 0 Å². The van der Waals surface area contributed by atoms with Crippen LogP contribution in [0.1, 0.15) is 35.7 Å². The molecule has 1 N–H and O–H groups in total. The largest absolute Gasteiger partial charge is 0.487 e. The molecule has 0 saturated heterocycles. The molecule has 1 heterocycles. The Labute approximate surface area is 156 Å². The number of carbonyl (C=O) groups excluding carboxylic acids is 1. The lowest BCUT2D eigenvalue weighted by Crippen LogP contribution is -2.23. The third-order valence-electron chi connectivity index (χ3n) is 4.13. The molecule has 1 aliphatic rings. The number of hydrogen-bond acceptors (Lipinski definition) is 6. The summed E-state index contributed by atoms with van der Waals surface area (Å²) in [7, 11) is 0. The summed E-state index contributed by atoms with van der Waals surface area (Å²) >= 11 is 0. The number of nitrogens with zero attached hydrogens (tertiary/aromatic N) is 2. The second kappa shape index (κ2) is 8.48. The van der Waals surface area contributed by atoms with E-state index in [0.29, 0.717) is 25.0 Å². The third kappa shape index (κ3) is 5.16. The van der Waals surface area contributed by atoms with Gasteiger partial charge in [0.05, 0.1) is 18.1 Å². The highest BCUT2D eigenvalue weighted by Gasteiger charge is 2.22. The summed E-state index contributed by atoms with van der Waals surface area (Å²) in [4.78, 5) is 27.1. The number of hydrogen-bond donors (Lipinski definition) is 1. The SMILES string of the molecule is CCOc1ccc(C(=O)NCc2ccc(OCC3CC3)nc2)cc1[N+](=O)[O-]. The van der Waals surface area contributed by atoms with E-state index in [9.17, 15) is 14.9 Å². The summed E-state index contributed by atoms with van der Waals surface area (Å²) in [5.41, 5.74) is 0.772. The average molecular weight is 371 g/mol. The van der Waals surface area contributed by atoms with Crippen LogP contribution in [0.15, 0.2) is 36.5 Å². The van der Waals surface area contributed by atoms with Gasteiger partial charge in [0.15, 0.2) is 5.75 Å².